The smallest absolute Gasteiger partial charge is 0.0561 e. The lowest BCUT2D eigenvalue weighted by Gasteiger charge is -2.43. The minimum atomic E-state index is -0.148. The molecule has 0 bridgehead atoms. The largest absolute Gasteiger partial charge is 0.393 e. The zero-order valence-electron chi connectivity index (χ0n) is 9.95. The SMILES string of the molecule is CC(C)N1CCC2(CC1)CC(O)CC2N. The van der Waals surface area contributed by atoms with Gasteiger partial charge in [-0.2, -0.15) is 0 Å². The number of aliphatic hydroxyl groups is 1. The number of hydrogen-bond acceptors (Lipinski definition) is 3. The summed E-state index contributed by atoms with van der Waals surface area (Å²) in [6.07, 6.45) is 3.93. The van der Waals surface area contributed by atoms with Crippen LogP contribution in [0.25, 0.3) is 0 Å². The van der Waals surface area contributed by atoms with Crippen molar-refractivity contribution in [3.8, 4) is 0 Å². The molecule has 3 N–H and O–H groups in total. The van der Waals surface area contributed by atoms with E-state index in [4.69, 9.17) is 5.73 Å². The highest BCUT2D eigenvalue weighted by atomic mass is 16.3. The van der Waals surface area contributed by atoms with E-state index in [1.54, 1.807) is 0 Å². The van der Waals surface area contributed by atoms with E-state index in [-0.39, 0.29) is 17.6 Å². The Balaban J connectivity index is 1.97. The number of nitrogens with two attached hydrogens (primary N) is 1. The van der Waals surface area contributed by atoms with Gasteiger partial charge in [-0.05, 0) is 58.0 Å². The standard InChI is InChI=1S/C12H24N2O/c1-9(2)14-5-3-12(4-6-14)8-10(15)7-11(12)13/h9-11,15H,3-8,13H2,1-2H3. The van der Waals surface area contributed by atoms with E-state index in [0.717, 1.165) is 25.9 Å². The summed E-state index contributed by atoms with van der Waals surface area (Å²) in [5, 5.41) is 9.70. The van der Waals surface area contributed by atoms with Crippen molar-refractivity contribution in [2.45, 2.75) is 57.7 Å². The van der Waals surface area contributed by atoms with Crippen molar-refractivity contribution in [3.63, 3.8) is 0 Å². The Morgan fingerprint density at radius 3 is 2.33 bits per heavy atom. The van der Waals surface area contributed by atoms with Gasteiger partial charge < -0.3 is 15.7 Å². The van der Waals surface area contributed by atoms with Gasteiger partial charge >= 0.3 is 0 Å². The molecule has 0 radical (unpaired) electrons. The molecule has 0 aromatic carbocycles. The normalized spacial score (nSPS) is 36.6. The van der Waals surface area contributed by atoms with Crippen molar-refractivity contribution < 1.29 is 5.11 Å². The summed E-state index contributed by atoms with van der Waals surface area (Å²) in [7, 11) is 0. The fourth-order valence-corrected chi connectivity index (χ4v) is 3.31. The van der Waals surface area contributed by atoms with Gasteiger partial charge in [-0.3, -0.25) is 0 Å². The van der Waals surface area contributed by atoms with Gasteiger partial charge in [-0.15, -0.1) is 0 Å². The Hall–Kier alpha value is -0.120. The molecule has 2 unspecified atom stereocenters. The van der Waals surface area contributed by atoms with Crippen LogP contribution in [-0.2, 0) is 0 Å². The van der Waals surface area contributed by atoms with Crippen LogP contribution in [0, 0.1) is 5.41 Å². The lowest BCUT2D eigenvalue weighted by atomic mass is 9.74. The third kappa shape index (κ3) is 2.05. The van der Waals surface area contributed by atoms with Crippen LogP contribution in [0.2, 0.25) is 0 Å². The van der Waals surface area contributed by atoms with Crippen LogP contribution < -0.4 is 5.73 Å². The van der Waals surface area contributed by atoms with Gasteiger partial charge in [0.25, 0.3) is 0 Å². The van der Waals surface area contributed by atoms with Crippen LogP contribution in [0.15, 0.2) is 0 Å². The van der Waals surface area contributed by atoms with Crippen LogP contribution in [-0.4, -0.2) is 41.3 Å². The first-order valence-electron chi connectivity index (χ1n) is 6.21. The molecule has 1 aliphatic carbocycles. The van der Waals surface area contributed by atoms with Crippen molar-refractivity contribution in [1.29, 1.82) is 0 Å². The molecule has 1 spiro atoms. The number of aliphatic hydroxyl groups excluding tert-OH is 1. The predicted octanol–water partition coefficient (Wildman–Crippen LogP) is 0.959. The summed E-state index contributed by atoms with van der Waals surface area (Å²) in [4.78, 5) is 2.52. The Bertz CT molecular complexity index is 222. The second-order valence-corrected chi connectivity index (χ2v) is 5.69. The molecular weight excluding hydrogens is 188 g/mol. The maximum absolute atomic E-state index is 9.70. The molecule has 0 aromatic heterocycles. The van der Waals surface area contributed by atoms with Gasteiger partial charge in [-0.1, -0.05) is 0 Å². The van der Waals surface area contributed by atoms with Gasteiger partial charge in [-0.25, -0.2) is 0 Å². The summed E-state index contributed by atoms with van der Waals surface area (Å²) in [5.41, 5.74) is 6.43. The van der Waals surface area contributed by atoms with Crippen molar-refractivity contribution in [2.75, 3.05) is 13.1 Å². The molecule has 2 aliphatic rings. The highest BCUT2D eigenvalue weighted by molar-refractivity contribution is 5.01. The molecule has 15 heavy (non-hydrogen) atoms. The molecule has 2 fully saturated rings. The van der Waals surface area contributed by atoms with Crippen molar-refractivity contribution in [1.82, 2.24) is 4.90 Å². The molecule has 3 nitrogen and oxygen atoms in total. The van der Waals surface area contributed by atoms with Crippen molar-refractivity contribution >= 4 is 0 Å². The molecule has 2 atom stereocenters. The van der Waals surface area contributed by atoms with Crippen LogP contribution in [0.1, 0.15) is 39.5 Å². The van der Waals surface area contributed by atoms with Crippen LogP contribution in [0.4, 0.5) is 0 Å². The lowest BCUT2D eigenvalue weighted by Crippen LogP contribution is -2.48. The Morgan fingerprint density at radius 2 is 1.93 bits per heavy atom. The second kappa shape index (κ2) is 4.04. The average molecular weight is 212 g/mol. The third-order valence-corrected chi connectivity index (χ3v) is 4.48. The van der Waals surface area contributed by atoms with Crippen LogP contribution >= 0.6 is 0 Å². The minimum absolute atomic E-state index is 0.148. The van der Waals surface area contributed by atoms with E-state index in [1.165, 1.54) is 12.8 Å². The van der Waals surface area contributed by atoms with Gasteiger partial charge in [0.2, 0.25) is 0 Å². The van der Waals surface area contributed by atoms with E-state index in [9.17, 15) is 5.11 Å². The maximum Gasteiger partial charge on any atom is 0.0561 e. The van der Waals surface area contributed by atoms with Gasteiger partial charge in [0, 0.05) is 12.1 Å². The number of hydrogen-bond donors (Lipinski definition) is 2. The molecule has 1 saturated carbocycles. The zero-order valence-corrected chi connectivity index (χ0v) is 9.95. The molecule has 1 saturated heterocycles. The molecular formula is C12H24N2O. The Kier molecular flexibility index (Phi) is 3.06. The summed E-state index contributed by atoms with van der Waals surface area (Å²) >= 11 is 0. The van der Waals surface area contributed by atoms with Gasteiger partial charge in [0.05, 0.1) is 6.10 Å². The Labute approximate surface area is 92.6 Å². The van der Waals surface area contributed by atoms with E-state index < -0.39 is 0 Å². The highest BCUT2D eigenvalue weighted by Gasteiger charge is 2.46. The van der Waals surface area contributed by atoms with Crippen LogP contribution in [0.5, 0.6) is 0 Å². The predicted molar refractivity (Wildman–Crippen MR) is 61.6 cm³/mol. The topological polar surface area (TPSA) is 49.5 Å². The zero-order chi connectivity index (χ0) is 11.1. The first-order chi connectivity index (χ1) is 7.03. The summed E-state index contributed by atoms with van der Waals surface area (Å²) in [6, 6.07) is 0.867. The Morgan fingerprint density at radius 1 is 1.33 bits per heavy atom. The van der Waals surface area contributed by atoms with E-state index >= 15 is 0 Å². The quantitative estimate of drug-likeness (QED) is 0.680. The second-order valence-electron chi connectivity index (χ2n) is 5.69. The fourth-order valence-electron chi connectivity index (χ4n) is 3.31. The summed E-state index contributed by atoms with van der Waals surface area (Å²) in [5.74, 6) is 0. The van der Waals surface area contributed by atoms with Crippen molar-refractivity contribution in [3.05, 3.63) is 0 Å². The summed E-state index contributed by atoms with van der Waals surface area (Å²) < 4.78 is 0. The van der Waals surface area contributed by atoms with E-state index in [1.807, 2.05) is 0 Å². The average Bonchev–Trinajstić information content (AvgIpc) is 2.42. The molecule has 1 aliphatic heterocycles. The minimum Gasteiger partial charge on any atom is -0.393 e. The first-order valence-corrected chi connectivity index (χ1v) is 6.21. The number of nitrogens with zero attached hydrogens (tertiary/aromatic N) is 1. The fraction of sp³-hybridized carbons (Fsp3) is 1.00. The third-order valence-electron chi connectivity index (χ3n) is 4.48. The monoisotopic (exact) mass is 212 g/mol. The number of piperidine rings is 1. The lowest BCUT2D eigenvalue weighted by molar-refractivity contribution is 0.0648. The molecule has 2 rings (SSSR count). The van der Waals surface area contributed by atoms with E-state index in [2.05, 4.69) is 18.7 Å². The maximum atomic E-state index is 9.70. The highest BCUT2D eigenvalue weighted by Crippen LogP contribution is 2.45. The molecule has 0 aromatic rings. The summed E-state index contributed by atoms with van der Waals surface area (Å²) in [6.45, 7) is 6.80. The number of likely N-dealkylation sites (tertiary alicyclic amines) is 1. The molecule has 88 valence electrons. The molecule has 0 amide bonds. The molecule has 3 heteroatoms. The molecule has 1 heterocycles. The van der Waals surface area contributed by atoms with Crippen molar-refractivity contribution in [2.24, 2.45) is 11.1 Å². The number of rotatable bonds is 1. The van der Waals surface area contributed by atoms with Crippen LogP contribution in [0.3, 0.4) is 0 Å². The van der Waals surface area contributed by atoms with E-state index in [0.29, 0.717) is 6.04 Å². The first kappa shape index (κ1) is 11.4. The van der Waals surface area contributed by atoms with Gasteiger partial charge in [0.15, 0.2) is 0 Å². The van der Waals surface area contributed by atoms with Gasteiger partial charge in [0.1, 0.15) is 0 Å².